The minimum atomic E-state index is -4.85. The summed E-state index contributed by atoms with van der Waals surface area (Å²) in [5.74, 6) is -2.05. The second-order valence-electron chi connectivity index (χ2n) is 7.67. The Hall–Kier alpha value is -3.68. The summed E-state index contributed by atoms with van der Waals surface area (Å²) in [5, 5.41) is 22.7. The smallest absolute Gasteiger partial charge is 0.462 e. The first-order chi connectivity index (χ1) is 17.2. The van der Waals surface area contributed by atoms with Gasteiger partial charge in [-0.2, -0.15) is 18.3 Å². The number of nitrogens with one attached hydrogen (secondary N) is 2. The summed E-state index contributed by atoms with van der Waals surface area (Å²) in [5.41, 5.74) is 1.67. The summed E-state index contributed by atoms with van der Waals surface area (Å²) >= 11 is 0. The van der Waals surface area contributed by atoms with E-state index in [0.29, 0.717) is 31.0 Å². The lowest BCUT2D eigenvalue weighted by atomic mass is 10.0. The normalized spacial score (nSPS) is 13.1. The SMILES string of the molecule is C1CCCCC1.CNc1ncc2ccc(C(=O)Nc3cnn(CCO)c3)n2n1.COC(=O)C(F)(F)F. The van der Waals surface area contributed by atoms with Gasteiger partial charge in [0.05, 0.1) is 43.9 Å². The van der Waals surface area contributed by atoms with Gasteiger partial charge in [0.25, 0.3) is 5.91 Å². The largest absolute Gasteiger partial charge is 0.490 e. The molecule has 0 unspecified atom stereocenters. The summed E-state index contributed by atoms with van der Waals surface area (Å²) in [6.07, 6.45) is 8.96. The molecule has 1 aliphatic carbocycles. The van der Waals surface area contributed by atoms with Crippen LogP contribution >= 0.6 is 0 Å². The van der Waals surface area contributed by atoms with Crippen molar-refractivity contribution < 1.29 is 32.6 Å². The molecule has 1 fully saturated rings. The zero-order valence-corrected chi connectivity index (χ0v) is 20.1. The molecule has 14 heteroatoms. The van der Waals surface area contributed by atoms with Gasteiger partial charge in [0.1, 0.15) is 5.69 Å². The molecule has 1 aliphatic rings. The van der Waals surface area contributed by atoms with Crippen molar-refractivity contribution in [3.63, 3.8) is 0 Å². The van der Waals surface area contributed by atoms with E-state index in [0.717, 1.165) is 5.52 Å². The van der Waals surface area contributed by atoms with Crippen LogP contribution in [0.1, 0.15) is 49.0 Å². The monoisotopic (exact) mass is 513 g/mol. The van der Waals surface area contributed by atoms with Gasteiger partial charge < -0.3 is 20.5 Å². The molecule has 0 aliphatic heterocycles. The molecule has 0 saturated heterocycles. The highest BCUT2D eigenvalue weighted by atomic mass is 19.4. The number of aromatic nitrogens is 5. The topological polar surface area (TPSA) is 136 Å². The number of hydrogen-bond donors (Lipinski definition) is 3. The number of amides is 1. The van der Waals surface area contributed by atoms with Crippen molar-refractivity contribution in [2.24, 2.45) is 0 Å². The summed E-state index contributed by atoms with van der Waals surface area (Å²) in [6.45, 7) is 0.366. The van der Waals surface area contributed by atoms with Crippen molar-refractivity contribution in [1.29, 1.82) is 0 Å². The first-order valence-electron chi connectivity index (χ1n) is 11.3. The molecule has 11 nitrogen and oxygen atoms in total. The molecule has 0 bridgehead atoms. The highest BCUT2D eigenvalue weighted by molar-refractivity contribution is 6.03. The van der Waals surface area contributed by atoms with Crippen LogP contribution in [0.4, 0.5) is 24.8 Å². The summed E-state index contributed by atoms with van der Waals surface area (Å²) in [6, 6.07) is 3.44. The van der Waals surface area contributed by atoms with Crippen LogP contribution in [0.25, 0.3) is 5.52 Å². The van der Waals surface area contributed by atoms with E-state index in [9.17, 15) is 22.8 Å². The predicted molar refractivity (Wildman–Crippen MR) is 126 cm³/mol. The van der Waals surface area contributed by atoms with Crippen molar-refractivity contribution in [2.75, 3.05) is 31.4 Å². The fourth-order valence-corrected chi connectivity index (χ4v) is 3.21. The van der Waals surface area contributed by atoms with E-state index in [1.807, 2.05) is 0 Å². The Bertz CT molecular complexity index is 1100. The van der Waals surface area contributed by atoms with Crippen molar-refractivity contribution in [2.45, 2.75) is 51.2 Å². The number of alkyl halides is 3. The molecule has 3 N–H and O–H groups in total. The fourth-order valence-electron chi connectivity index (χ4n) is 3.21. The third kappa shape index (κ3) is 8.83. The lowest BCUT2D eigenvalue weighted by Crippen LogP contribution is -2.23. The zero-order chi connectivity index (χ0) is 26.6. The molecule has 4 rings (SSSR count). The highest BCUT2D eigenvalue weighted by Gasteiger charge is 2.40. The van der Waals surface area contributed by atoms with Crippen LogP contribution in [0.3, 0.4) is 0 Å². The minimum absolute atomic E-state index is 0.0118. The van der Waals surface area contributed by atoms with Crippen molar-refractivity contribution in [3.05, 3.63) is 36.4 Å². The second-order valence-corrected chi connectivity index (χ2v) is 7.67. The van der Waals surface area contributed by atoms with Crippen LogP contribution in [0, 0.1) is 0 Å². The number of halogens is 3. The molecule has 1 saturated carbocycles. The maximum Gasteiger partial charge on any atom is 0.490 e. The molecule has 0 spiro atoms. The van der Waals surface area contributed by atoms with E-state index < -0.39 is 12.1 Å². The highest BCUT2D eigenvalue weighted by Crippen LogP contribution is 2.16. The van der Waals surface area contributed by atoms with E-state index in [4.69, 9.17) is 5.11 Å². The van der Waals surface area contributed by atoms with Crippen molar-refractivity contribution in [3.8, 4) is 0 Å². The molecule has 36 heavy (non-hydrogen) atoms. The number of hydrogen-bond acceptors (Lipinski definition) is 8. The second kappa shape index (κ2) is 14.0. The number of aliphatic hydroxyl groups excluding tert-OH is 1. The summed E-state index contributed by atoms with van der Waals surface area (Å²) in [7, 11) is 2.38. The van der Waals surface area contributed by atoms with Gasteiger partial charge in [-0.25, -0.2) is 14.3 Å². The maximum absolute atomic E-state index is 12.4. The quantitative estimate of drug-likeness (QED) is 0.443. The Balaban J connectivity index is 0.000000267. The van der Waals surface area contributed by atoms with Crippen LogP contribution in [-0.2, 0) is 16.1 Å². The average molecular weight is 514 g/mol. The van der Waals surface area contributed by atoms with Crippen LogP contribution in [0.2, 0.25) is 0 Å². The Morgan fingerprint density at radius 3 is 2.25 bits per heavy atom. The molecule has 3 heterocycles. The number of carbonyl (C=O) groups excluding carboxylic acids is 2. The first-order valence-corrected chi connectivity index (χ1v) is 11.3. The van der Waals surface area contributed by atoms with Gasteiger partial charge in [0.15, 0.2) is 0 Å². The van der Waals surface area contributed by atoms with Gasteiger partial charge >= 0.3 is 12.1 Å². The van der Waals surface area contributed by atoms with E-state index in [-0.39, 0.29) is 12.5 Å². The zero-order valence-electron chi connectivity index (χ0n) is 20.1. The minimum Gasteiger partial charge on any atom is -0.462 e. The number of anilines is 2. The van der Waals surface area contributed by atoms with E-state index in [1.165, 1.54) is 49.2 Å². The van der Waals surface area contributed by atoms with Gasteiger partial charge in [-0.1, -0.05) is 38.5 Å². The number of esters is 1. The Morgan fingerprint density at radius 2 is 1.75 bits per heavy atom. The molecular formula is C22H30F3N7O4. The fraction of sp³-hybridized carbons (Fsp3) is 0.500. The lowest BCUT2D eigenvalue weighted by molar-refractivity contribution is -0.196. The number of methoxy groups -OCH3 is 1. The Kier molecular flexibility index (Phi) is 11.1. The van der Waals surface area contributed by atoms with Crippen molar-refractivity contribution >= 4 is 29.0 Å². The molecule has 1 amide bonds. The predicted octanol–water partition coefficient (Wildman–Crippen LogP) is 3.27. The van der Waals surface area contributed by atoms with Gasteiger partial charge in [0, 0.05) is 13.2 Å². The first kappa shape index (κ1) is 28.6. The van der Waals surface area contributed by atoms with Crippen LogP contribution in [-0.4, -0.2) is 68.3 Å². The van der Waals surface area contributed by atoms with Gasteiger partial charge in [-0.3, -0.25) is 9.48 Å². The molecule has 0 atom stereocenters. The number of nitrogens with zero attached hydrogens (tertiary/aromatic N) is 5. The average Bonchev–Trinajstić information content (AvgIpc) is 3.51. The van der Waals surface area contributed by atoms with Crippen LogP contribution < -0.4 is 10.6 Å². The van der Waals surface area contributed by atoms with Crippen LogP contribution in [0.15, 0.2) is 30.7 Å². The van der Waals surface area contributed by atoms with Gasteiger partial charge in [-0.15, -0.1) is 5.10 Å². The van der Waals surface area contributed by atoms with E-state index >= 15 is 0 Å². The standard InChI is InChI=1S/C13H15N7O2.C6H12.C3H3F3O2/c1-14-13-15-7-10-2-3-11(20(10)18-13)12(22)17-9-6-16-19(8-9)4-5-21;1-2-4-6-5-3-1;1-8-2(7)3(4,5)6/h2-3,6-8,21H,4-5H2,1H3,(H,14,18)(H,17,22);1-6H2;1H3. The number of aliphatic hydroxyl groups is 1. The summed E-state index contributed by atoms with van der Waals surface area (Å²) < 4.78 is 39.3. The number of rotatable bonds is 5. The number of carbonyl (C=O) groups is 2. The molecule has 3 aromatic rings. The lowest BCUT2D eigenvalue weighted by Gasteiger charge is -2.05. The Labute approximate surface area is 205 Å². The van der Waals surface area contributed by atoms with Gasteiger partial charge in [0.2, 0.25) is 5.95 Å². The van der Waals surface area contributed by atoms with Crippen LogP contribution in [0.5, 0.6) is 0 Å². The molecule has 198 valence electrons. The number of ether oxygens (including phenoxy) is 1. The number of fused-ring (bicyclic) bond motifs is 1. The maximum atomic E-state index is 12.4. The molecule has 3 aromatic heterocycles. The Morgan fingerprint density at radius 1 is 1.11 bits per heavy atom. The van der Waals surface area contributed by atoms with E-state index in [2.05, 4.69) is 30.6 Å². The van der Waals surface area contributed by atoms with Crippen molar-refractivity contribution in [1.82, 2.24) is 24.4 Å². The third-order valence-corrected chi connectivity index (χ3v) is 4.99. The van der Waals surface area contributed by atoms with Gasteiger partial charge in [-0.05, 0) is 12.1 Å². The molecular weight excluding hydrogens is 483 g/mol. The summed E-state index contributed by atoms with van der Waals surface area (Å²) in [4.78, 5) is 25.9. The molecule has 0 radical (unpaired) electrons. The van der Waals surface area contributed by atoms with E-state index in [1.54, 1.807) is 36.3 Å². The third-order valence-electron chi connectivity index (χ3n) is 4.99. The molecule has 0 aromatic carbocycles.